The number of carbonyl (C=O) groups excluding carboxylic acids is 1. The Kier molecular flexibility index (Phi) is 5.44. The predicted molar refractivity (Wildman–Crippen MR) is 98.4 cm³/mol. The Morgan fingerprint density at radius 3 is 2.48 bits per heavy atom. The molecule has 0 unspecified atom stereocenters. The molecule has 0 atom stereocenters. The van der Waals surface area contributed by atoms with Crippen LogP contribution in [0.2, 0.25) is 0 Å². The monoisotopic (exact) mass is 333 g/mol. The van der Waals surface area contributed by atoms with Crippen LogP contribution in [-0.2, 0) is 11.4 Å². The maximum absolute atomic E-state index is 12.1. The normalized spacial score (nSPS) is 10.3. The maximum atomic E-state index is 12.1. The molecule has 0 bridgehead atoms. The van der Waals surface area contributed by atoms with Gasteiger partial charge in [-0.15, -0.1) is 0 Å². The highest BCUT2D eigenvalue weighted by Gasteiger charge is 2.08. The zero-order chi connectivity index (χ0) is 17.5. The summed E-state index contributed by atoms with van der Waals surface area (Å²) in [4.78, 5) is 12.1. The van der Waals surface area contributed by atoms with E-state index >= 15 is 0 Å². The van der Waals surface area contributed by atoms with Crippen LogP contribution in [0.15, 0.2) is 78.9 Å². The number of rotatable bonds is 6. The van der Waals surface area contributed by atoms with Crippen LogP contribution >= 0.6 is 0 Å². The second-order valence-corrected chi connectivity index (χ2v) is 5.56. The lowest BCUT2D eigenvalue weighted by atomic mass is 10.1. The zero-order valence-electron chi connectivity index (χ0n) is 13.7. The van der Waals surface area contributed by atoms with Gasteiger partial charge < -0.3 is 15.2 Å². The second-order valence-electron chi connectivity index (χ2n) is 5.56. The third-order valence-corrected chi connectivity index (χ3v) is 3.72. The summed E-state index contributed by atoms with van der Waals surface area (Å²) in [5, 5.41) is 11.9. The van der Waals surface area contributed by atoms with Gasteiger partial charge in [0.1, 0.15) is 5.75 Å². The molecule has 0 spiro atoms. The van der Waals surface area contributed by atoms with Crippen molar-refractivity contribution >= 4 is 11.6 Å². The Bertz CT molecular complexity index is 847. The molecule has 126 valence electrons. The Hall–Kier alpha value is -3.11. The van der Waals surface area contributed by atoms with Gasteiger partial charge in [-0.1, -0.05) is 60.7 Å². The summed E-state index contributed by atoms with van der Waals surface area (Å²) >= 11 is 0. The van der Waals surface area contributed by atoms with Crippen molar-refractivity contribution in [1.82, 2.24) is 0 Å². The minimum absolute atomic E-state index is 0.0648. The third-order valence-electron chi connectivity index (χ3n) is 3.72. The molecule has 0 radical (unpaired) electrons. The number of hydrogen-bond donors (Lipinski definition) is 2. The number of benzene rings is 3. The van der Waals surface area contributed by atoms with Crippen molar-refractivity contribution in [3.05, 3.63) is 84.4 Å². The Labute approximate surface area is 146 Å². The molecule has 1 amide bonds. The number of nitrogens with one attached hydrogen (secondary N) is 1. The summed E-state index contributed by atoms with van der Waals surface area (Å²) < 4.78 is 5.72. The summed E-state index contributed by atoms with van der Waals surface area (Å²) in [5.74, 6) is 0.408. The van der Waals surface area contributed by atoms with E-state index in [0.29, 0.717) is 11.4 Å². The highest BCUT2D eigenvalue weighted by molar-refractivity contribution is 5.92. The molecule has 3 aromatic rings. The van der Waals surface area contributed by atoms with Crippen molar-refractivity contribution < 1.29 is 14.6 Å². The van der Waals surface area contributed by atoms with Gasteiger partial charge in [0, 0.05) is 11.3 Å². The molecule has 4 heteroatoms. The largest absolute Gasteiger partial charge is 0.483 e. The number of hydrogen-bond acceptors (Lipinski definition) is 3. The quantitative estimate of drug-likeness (QED) is 0.720. The standard InChI is InChI=1S/C21H19NO3/c23-14-16-7-6-10-18(13-16)22-21(24)15-25-20-12-5-4-11-19(20)17-8-2-1-3-9-17/h1-13,23H,14-15H2,(H,22,24). The van der Waals surface area contributed by atoms with Crippen LogP contribution in [0.4, 0.5) is 5.69 Å². The number of para-hydroxylation sites is 1. The van der Waals surface area contributed by atoms with Crippen LogP contribution in [-0.4, -0.2) is 17.6 Å². The summed E-state index contributed by atoms with van der Waals surface area (Å²) in [6.07, 6.45) is 0. The SMILES string of the molecule is O=C(COc1ccccc1-c1ccccc1)Nc1cccc(CO)c1. The molecule has 0 aliphatic rings. The fourth-order valence-corrected chi connectivity index (χ4v) is 2.54. The van der Waals surface area contributed by atoms with Crippen molar-refractivity contribution in [2.24, 2.45) is 0 Å². The lowest BCUT2D eigenvalue weighted by molar-refractivity contribution is -0.118. The van der Waals surface area contributed by atoms with Crippen LogP contribution in [0.5, 0.6) is 5.75 Å². The molecule has 0 heterocycles. The first-order chi connectivity index (χ1) is 12.3. The number of aliphatic hydroxyl groups excluding tert-OH is 1. The number of ether oxygens (including phenoxy) is 1. The van der Waals surface area contributed by atoms with Gasteiger partial charge in [-0.25, -0.2) is 0 Å². The van der Waals surface area contributed by atoms with Gasteiger partial charge in [0.25, 0.3) is 5.91 Å². The summed E-state index contributed by atoms with van der Waals surface area (Å²) in [5.41, 5.74) is 3.36. The van der Waals surface area contributed by atoms with E-state index in [4.69, 9.17) is 9.84 Å². The van der Waals surface area contributed by atoms with E-state index in [2.05, 4.69) is 5.32 Å². The van der Waals surface area contributed by atoms with E-state index in [0.717, 1.165) is 16.7 Å². The molecular formula is C21H19NO3. The van der Waals surface area contributed by atoms with Gasteiger partial charge in [-0.2, -0.15) is 0 Å². The molecule has 0 aromatic heterocycles. The van der Waals surface area contributed by atoms with Crippen LogP contribution in [0.3, 0.4) is 0 Å². The zero-order valence-corrected chi connectivity index (χ0v) is 13.7. The first-order valence-electron chi connectivity index (χ1n) is 8.03. The minimum atomic E-state index is -0.252. The molecule has 0 aliphatic carbocycles. The van der Waals surface area contributed by atoms with Crippen LogP contribution < -0.4 is 10.1 Å². The van der Waals surface area contributed by atoms with E-state index in [9.17, 15) is 4.79 Å². The lowest BCUT2D eigenvalue weighted by Gasteiger charge is -2.12. The fraction of sp³-hybridized carbons (Fsp3) is 0.0952. The van der Waals surface area contributed by atoms with E-state index < -0.39 is 0 Å². The fourth-order valence-electron chi connectivity index (χ4n) is 2.54. The summed E-state index contributed by atoms with van der Waals surface area (Å²) in [6.45, 7) is -0.155. The molecule has 0 saturated heterocycles. The van der Waals surface area contributed by atoms with Crippen LogP contribution in [0.1, 0.15) is 5.56 Å². The molecule has 25 heavy (non-hydrogen) atoms. The first kappa shape index (κ1) is 16.7. The van der Waals surface area contributed by atoms with E-state index in [1.165, 1.54) is 0 Å². The van der Waals surface area contributed by atoms with E-state index in [1.54, 1.807) is 24.3 Å². The van der Waals surface area contributed by atoms with Gasteiger partial charge in [-0.3, -0.25) is 4.79 Å². The van der Waals surface area contributed by atoms with E-state index in [1.807, 2.05) is 54.6 Å². The highest BCUT2D eigenvalue weighted by atomic mass is 16.5. The van der Waals surface area contributed by atoms with Crippen LogP contribution in [0, 0.1) is 0 Å². The topological polar surface area (TPSA) is 58.6 Å². The molecule has 0 saturated carbocycles. The van der Waals surface area contributed by atoms with Crippen molar-refractivity contribution in [3.8, 4) is 16.9 Å². The smallest absolute Gasteiger partial charge is 0.262 e. The van der Waals surface area contributed by atoms with Crippen molar-refractivity contribution in [2.75, 3.05) is 11.9 Å². The third kappa shape index (κ3) is 4.46. The number of aliphatic hydroxyl groups is 1. The average molecular weight is 333 g/mol. The minimum Gasteiger partial charge on any atom is -0.483 e. The average Bonchev–Trinajstić information content (AvgIpc) is 2.67. The van der Waals surface area contributed by atoms with E-state index in [-0.39, 0.29) is 19.1 Å². The Morgan fingerprint density at radius 2 is 1.68 bits per heavy atom. The second kappa shape index (κ2) is 8.13. The first-order valence-corrected chi connectivity index (χ1v) is 8.03. The molecule has 0 fully saturated rings. The Balaban J connectivity index is 1.66. The maximum Gasteiger partial charge on any atom is 0.262 e. The number of amides is 1. The molecule has 3 rings (SSSR count). The van der Waals surface area contributed by atoms with Gasteiger partial charge in [0.15, 0.2) is 6.61 Å². The van der Waals surface area contributed by atoms with Gasteiger partial charge in [-0.05, 0) is 29.3 Å². The molecule has 0 aliphatic heterocycles. The molecule has 4 nitrogen and oxygen atoms in total. The van der Waals surface area contributed by atoms with Gasteiger partial charge >= 0.3 is 0 Å². The predicted octanol–water partition coefficient (Wildman–Crippen LogP) is 3.86. The Morgan fingerprint density at radius 1 is 0.920 bits per heavy atom. The highest BCUT2D eigenvalue weighted by Crippen LogP contribution is 2.29. The van der Waals surface area contributed by atoms with Crippen molar-refractivity contribution in [3.63, 3.8) is 0 Å². The molecule has 2 N–H and O–H groups in total. The van der Waals surface area contributed by atoms with Gasteiger partial charge in [0.05, 0.1) is 6.61 Å². The summed E-state index contributed by atoms with van der Waals surface area (Å²) in [6, 6.07) is 24.6. The van der Waals surface area contributed by atoms with Crippen LogP contribution in [0.25, 0.3) is 11.1 Å². The number of anilines is 1. The van der Waals surface area contributed by atoms with Crippen molar-refractivity contribution in [1.29, 1.82) is 0 Å². The molecule has 3 aromatic carbocycles. The van der Waals surface area contributed by atoms with Crippen molar-refractivity contribution in [2.45, 2.75) is 6.61 Å². The number of carbonyl (C=O) groups is 1. The molecular weight excluding hydrogens is 314 g/mol. The van der Waals surface area contributed by atoms with Gasteiger partial charge in [0.2, 0.25) is 0 Å². The lowest BCUT2D eigenvalue weighted by Crippen LogP contribution is -2.20. The summed E-state index contributed by atoms with van der Waals surface area (Å²) in [7, 11) is 0.